The van der Waals surface area contributed by atoms with Gasteiger partial charge in [-0.25, -0.2) is 0 Å². The molecule has 4 heteroatoms. The van der Waals surface area contributed by atoms with E-state index in [0.29, 0.717) is 0 Å². The highest BCUT2D eigenvalue weighted by Crippen LogP contribution is 2.52. The van der Waals surface area contributed by atoms with Gasteiger partial charge < -0.3 is 14.2 Å². The molecule has 298 valence electrons. The van der Waals surface area contributed by atoms with Crippen LogP contribution in [0.25, 0.3) is 21.9 Å². The molecule has 1 aromatic heterocycles. The minimum Gasteiger partial charge on any atom is -0.454 e. The first kappa shape index (κ1) is 38.0. The summed E-state index contributed by atoms with van der Waals surface area (Å²) in [6.07, 6.45) is 2.34. The number of rotatable bonds is 2. The fraction of sp³-hybridized carbons (Fsp3) is 0.345. The standard InChI is InChI=1S/C55H59BN2O/c1-32-26-46-49-47(27-32)58(43-17-15-14-16-33(43)2)50-41(21-20-37-38-29-36(53(7,8)9)19-23-48(38)59-51(37)50)56(49)42-30-39-40(55(12,13)25-24-54(39,10)11)31-45(42)57(46)44-22-18-35(28-34(44)3)52(4,5)6/h14-23,26-31H,24-25H2,1-13H3. The fourth-order valence-corrected chi connectivity index (χ4v) is 10.7. The fourth-order valence-electron chi connectivity index (χ4n) is 10.7. The molecule has 10 rings (SSSR count). The predicted molar refractivity (Wildman–Crippen MR) is 255 cm³/mol. The summed E-state index contributed by atoms with van der Waals surface area (Å²) < 4.78 is 7.13. The molecule has 0 unspecified atom stereocenters. The van der Waals surface area contributed by atoms with Gasteiger partial charge in [0.25, 0.3) is 6.71 Å². The van der Waals surface area contributed by atoms with Crippen molar-refractivity contribution in [2.75, 3.05) is 9.80 Å². The zero-order valence-corrected chi connectivity index (χ0v) is 37.5. The summed E-state index contributed by atoms with van der Waals surface area (Å²) in [5.74, 6) is 0. The van der Waals surface area contributed by atoms with Crippen LogP contribution in [-0.2, 0) is 21.7 Å². The molecule has 3 aliphatic rings. The van der Waals surface area contributed by atoms with Crippen molar-refractivity contribution in [1.29, 1.82) is 0 Å². The molecule has 7 aromatic rings. The Morgan fingerprint density at radius 3 is 1.81 bits per heavy atom. The third-order valence-corrected chi connectivity index (χ3v) is 14.3. The number of fused-ring (bicyclic) bond motifs is 9. The molecule has 0 saturated carbocycles. The largest absolute Gasteiger partial charge is 0.454 e. The lowest BCUT2D eigenvalue weighted by molar-refractivity contribution is 0.332. The second-order valence-corrected chi connectivity index (χ2v) is 21.5. The number of benzene rings is 6. The van der Waals surface area contributed by atoms with Gasteiger partial charge in [-0.15, -0.1) is 0 Å². The van der Waals surface area contributed by atoms with Gasteiger partial charge in [0.15, 0.2) is 5.58 Å². The molecule has 3 nitrogen and oxygen atoms in total. The maximum atomic E-state index is 7.13. The Morgan fingerprint density at radius 2 is 1.15 bits per heavy atom. The van der Waals surface area contributed by atoms with Crippen LogP contribution < -0.4 is 26.2 Å². The summed E-state index contributed by atoms with van der Waals surface area (Å²) in [6, 6.07) is 37.8. The van der Waals surface area contributed by atoms with Crippen molar-refractivity contribution in [1.82, 2.24) is 0 Å². The van der Waals surface area contributed by atoms with Gasteiger partial charge in [-0.2, -0.15) is 0 Å². The van der Waals surface area contributed by atoms with Crippen molar-refractivity contribution >= 4 is 79.2 Å². The first-order chi connectivity index (χ1) is 27.7. The van der Waals surface area contributed by atoms with E-state index in [1.54, 1.807) is 0 Å². The molecule has 0 radical (unpaired) electrons. The summed E-state index contributed by atoms with van der Waals surface area (Å²) in [6.45, 7) is 30.5. The molecule has 3 heterocycles. The average molecular weight is 775 g/mol. The van der Waals surface area contributed by atoms with Gasteiger partial charge in [-0.05, 0) is 153 Å². The number of anilines is 6. The van der Waals surface area contributed by atoms with E-state index in [1.807, 2.05) is 0 Å². The van der Waals surface area contributed by atoms with Crippen LogP contribution in [-0.4, -0.2) is 6.71 Å². The molecule has 0 saturated heterocycles. The van der Waals surface area contributed by atoms with Crippen molar-refractivity contribution in [3.05, 3.63) is 136 Å². The van der Waals surface area contributed by atoms with Crippen LogP contribution in [0, 0.1) is 20.8 Å². The van der Waals surface area contributed by atoms with E-state index in [-0.39, 0.29) is 28.4 Å². The smallest absolute Gasteiger partial charge is 0.252 e. The summed E-state index contributed by atoms with van der Waals surface area (Å²) >= 11 is 0. The quantitative estimate of drug-likeness (QED) is 0.163. The van der Waals surface area contributed by atoms with Crippen LogP contribution in [0.15, 0.2) is 101 Å². The van der Waals surface area contributed by atoms with Gasteiger partial charge in [0.05, 0.1) is 5.69 Å². The lowest BCUT2D eigenvalue weighted by Crippen LogP contribution is -2.62. The zero-order valence-electron chi connectivity index (χ0n) is 37.5. The second-order valence-electron chi connectivity index (χ2n) is 21.5. The summed E-state index contributed by atoms with van der Waals surface area (Å²) in [5.41, 5.74) is 22.9. The number of hydrogen-bond donors (Lipinski definition) is 0. The normalized spacial score (nSPS) is 16.6. The highest BCUT2D eigenvalue weighted by Gasteiger charge is 2.47. The van der Waals surface area contributed by atoms with Gasteiger partial charge >= 0.3 is 0 Å². The topological polar surface area (TPSA) is 19.6 Å². The van der Waals surface area contributed by atoms with Gasteiger partial charge in [0.2, 0.25) is 0 Å². The lowest BCUT2D eigenvalue weighted by Gasteiger charge is -2.47. The Hall–Kier alpha value is -5.22. The molecule has 0 spiro atoms. The molecule has 1 aliphatic carbocycles. The van der Waals surface area contributed by atoms with Gasteiger partial charge in [0.1, 0.15) is 5.58 Å². The van der Waals surface area contributed by atoms with Crippen LogP contribution in [0.3, 0.4) is 0 Å². The number of nitrogens with zero attached hydrogens (tertiary/aromatic N) is 2. The Morgan fingerprint density at radius 1 is 0.542 bits per heavy atom. The van der Waals surface area contributed by atoms with Crippen LogP contribution in [0.4, 0.5) is 34.1 Å². The Labute approximate surface area is 352 Å². The van der Waals surface area contributed by atoms with Crippen molar-refractivity contribution in [3.8, 4) is 0 Å². The molecular formula is C55H59BN2O. The average Bonchev–Trinajstić information content (AvgIpc) is 3.54. The van der Waals surface area contributed by atoms with E-state index >= 15 is 0 Å². The van der Waals surface area contributed by atoms with Crippen LogP contribution in [0.1, 0.15) is 121 Å². The van der Waals surface area contributed by atoms with Crippen LogP contribution >= 0.6 is 0 Å². The molecule has 0 fully saturated rings. The Bertz CT molecular complexity index is 2910. The Kier molecular flexibility index (Phi) is 8.00. The monoisotopic (exact) mass is 774 g/mol. The van der Waals surface area contributed by atoms with Gasteiger partial charge in [0, 0.05) is 39.2 Å². The first-order valence-corrected chi connectivity index (χ1v) is 21.8. The van der Waals surface area contributed by atoms with Crippen LogP contribution in [0.5, 0.6) is 0 Å². The minimum absolute atomic E-state index is 0.00478. The third kappa shape index (κ3) is 5.61. The van der Waals surface area contributed by atoms with Crippen molar-refractivity contribution in [3.63, 3.8) is 0 Å². The summed E-state index contributed by atoms with van der Waals surface area (Å²) in [7, 11) is 0. The summed E-state index contributed by atoms with van der Waals surface area (Å²) in [5, 5.41) is 2.35. The van der Waals surface area contributed by atoms with Crippen molar-refractivity contribution in [2.45, 2.75) is 125 Å². The Balaban J connectivity index is 1.35. The number of para-hydroxylation sites is 1. The molecule has 2 aliphatic heterocycles. The first-order valence-electron chi connectivity index (χ1n) is 21.8. The van der Waals surface area contributed by atoms with Crippen molar-refractivity contribution in [2.24, 2.45) is 0 Å². The SMILES string of the molecule is Cc1cc2c3c(c1)N(c1ccccc1C)c1c(ccc4c1oc1ccc(C(C)(C)C)cc14)B3c1cc3c(cc1N2c1ccc(C(C)(C)C)cc1C)C(C)(C)CCC3(C)C. The van der Waals surface area contributed by atoms with E-state index < -0.39 is 0 Å². The second kappa shape index (κ2) is 12.4. The third-order valence-electron chi connectivity index (χ3n) is 14.3. The molecule has 0 bridgehead atoms. The molecule has 0 amide bonds. The summed E-state index contributed by atoms with van der Waals surface area (Å²) in [4.78, 5) is 5.18. The van der Waals surface area contributed by atoms with E-state index in [4.69, 9.17) is 4.42 Å². The van der Waals surface area contributed by atoms with Crippen molar-refractivity contribution < 1.29 is 4.42 Å². The number of aryl methyl sites for hydroxylation is 3. The van der Waals surface area contributed by atoms with Crippen LogP contribution in [0.2, 0.25) is 0 Å². The molecular weight excluding hydrogens is 715 g/mol. The zero-order chi connectivity index (χ0) is 41.7. The van der Waals surface area contributed by atoms with E-state index in [1.165, 1.54) is 107 Å². The molecule has 0 atom stereocenters. The molecule has 6 aromatic carbocycles. The maximum Gasteiger partial charge on any atom is 0.252 e. The van der Waals surface area contributed by atoms with Gasteiger partial charge in [-0.1, -0.05) is 124 Å². The lowest BCUT2D eigenvalue weighted by atomic mass is 9.33. The van der Waals surface area contributed by atoms with Gasteiger partial charge in [-0.3, -0.25) is 0 Å². The molecule has 0 N–H and O–H groups in total. The van der Waals surface area contributed by atoms with E-state index in [0.717, 1.165) is 16.9 Å². The van der Waals surface area contributed by atoms with E-state index in [9.17, 15) is 0 Å². The predicted octanol–water partition coefficient (Wildman–Crippen LogP) is 13.5. The number of furan rings is 1. The molecule has 59 heavy (non-hydrogen) atoms. The minimum atomic E-state index is 0.00478. The number of hydrogen-bond acceptors (Lipinski definition) is 3. The van der Waals surface area contributed by atoms with E-state index in [2.05, 4.69) is 197 Å². The highest BCUT2D eigenvalue weighted by molar-refractivity contribution is 7.00. The maximum absolute atomic E-state index is 7.13. The highest BCUT2D eigenvalue weighted by atomic mass is 16.3.